The fourth-order valence-electron chi connectivity index (χ4n) is 1.68. The Morgan fingerprint density at radius 2 is 2.12 bits per heavy atom. The highest BCUT2D eigenvalue weighted by Gasteiger charge is 2.20. The van der Waals surface area contributed by atoms with E-state index in [1.165, 1.54) is 12.8 Å². The minimum atomic E-state index is -0.519. The lowest BCUT2D eigenvalue weighted by molar-refractivity contribution is -0.118. The van der Waals surface area contributed by atoms with Crippen molar-refractivity contribution in [3.63, 3.8) is 0 Å². The lowest BCUT2D eigenvalue weighted by Gasteiger charge is -2.04. The monoisotopic (exact) mass is 239 g/mol. The van der Waals surface area contributed by atoms with Crippen LogP contribution in [-0.2, 0) is 11.2 Å². The number of Topliss-reactive ketones (excluding diaryl/α,β-unsaturated/α-hetero) is 1. The van der Waals surface area contributed by atoms with Gasteiger partial charge in [0.2, 0.25) is 0 Å². The molecule has 0 unspecified atom stereocenters. The van der Waals surface area contributed by atoms with Gasteiger partial charge in [-0.3, -0.25) is 4.79 Å². The Morgan fingerprint density at radius 3 is 2.82 bits per heavy atom. The number of carbonyl (C=O) groups is 1. The lowest BCUT2D eigenvalue weighted by atomic mass is 10.1. The van der Waals surface area contributed by atoms with E-state index < -0.39 is 11.6 Å². The van der Waals surface area contributed by atoms with Crippen LogP contribution in [0.15, 0.2) is 18.2 Å². The molecular weight excluding hydrogens is 224 g/mol. The molecule has 0 radical (unpaired) electrons. The van der Waals surface area contributed by atoms with Gasteiger partial charge in [0, 0.05) is 25.4 Å². The van der Waals surface area contributed by atoms with Crippen LogP contribution in [0, 0.1) is 11.6 Å². The smallest absolute Gasteiger partial charge is 0.138 e. The molecule has 1 aromatic rings. The van der Waals surface area contributed by atoms with Gasteiger partial charge in [-0.1, -0.05) is 0 Å². The second kappa shape index (κ2) is 5.36. The number of benzene rings is 1. The van der Waals surface area contributed by atoms with Gasteiger partial charge < -0.3 is 5.32 Å². The standard InChI is InChI=1S/C13H15F2NO/c14-10-1-4-13(15)9(7-10)8-12(17)5-6-16-11-2-3-11/h1,4,7,11,16H,2-3,5-6,8H2. The molecule has 0 saturated heterocycles. The summed E-state index contributed by atoms with van der Waals surface area (Å²) in [4.78, 5) is 11.5. The first-order valence-electron chi connectivity index (χ1n) is 5.84. The molecular formula is C13H15F2NO. The zero-order valence-electron chi connectivity index (χ0n) is 9.51. The fourth-order valence-corrected chi connectivity index (χ4v) is 1.68. The van der Waals surface area contributed by atoms with Crippen molar-refractivity contribution in [1.29, 1.82) is 0 Å². The van der Waals surface area contributed by atoms with E-state index >= 15 is 0 Å². The zero-order valence-corrected chi connectivity index (χ0v) is 9.51. The van der Waals surface area contributed by atoms with Crippen molar-refractivity contribution in [1.82, 2.24) is 5.32 Å². The maximum absolute atomic E-state index is 13.3. The van der Waals surface area contributed by atoms with E-state index in [2.05, 4.69) is 5.32 Å². The molecule has 2 nitrogen and oxygen atoms in total. The van der Waals surface area contributed by atoms with E-state index in [1.807, 2.05) is 0 Å². The van der Waals surface area contributed by atoms with E-state index in [0.717, 1.165) is 18.2 Å². The van der Waals surface area contributed by atoms with Crippen LogP contribution < -0.4 is 5.32 Å². The van der Waals surface area contributed by atoms with E-state index in [1.54, 1.807) is 0 Å². The quantitative estimate of drug-likeness (QED) is 0.824. The molecule has 0 aliphatic heterocycles. The Hall–Kier alpha value is -1.29. The van der Waals surface area contributed by atoms with Gasteiger partial charge in [-0.2, -0.15) is 0 Å². The average Bonchev–Trinajstić information content (AvgIpc) is 3.07. The second-order valence-corrected chi connectivity index (χ2v) is 4.43. The Bertz CT molecular complexity index is 416. The van der Waals surface area contributed by atoms with Gasteiger partial charge in [-0.25, -0.2) is 8.78 Å². The summed E-state index contributed by atoms with van der Waals surface area (Å²) in [5.41, 5.74) is 0.140. The maximum atomic E-state index is 13.3. The third-order valence-corrected chi connectivity index (χ3v) is 2.81. The summed E-state index contributed by atoms with van der Waals surface area (Å²) in [7, 11) is 0. The van der Waals surface area contributed by atoms with E-state index in [-0.39, 0.29) is 17.8 Å². The molecule has 1 aliphatic carbocycles. The Morgan fingerprint density at radius 1 is 1.35 bits per heavy atom. The minimum absolute atomic E-state index is 0.0318. The van der Waals surface area contributed by atoms with Crippen LogP contribution in [0.4, 0.5) is 8.78 Å². The molecule has 17 heavy (non-hydrogen) atoms. The van der Waals surface area contributed by atoms with Crippen molar-refractivity contribution in [2.75, 3.05) is 6.54 Å². The van der Waals surface area contributed by atoms with Crippen LogP contribution in [0.1, 0.15) is 24.8 Å². The molecule has 0 atom stereocenters. The minimum Gasteiger partial charge on any atom is -0.314 e. The Labute approximate surface area is 99.0 Å². The van der Waals surface area contributed by atoms with Crippen molar-refractivity contribution < 1.29 is 13.6 Å². The first-order chi connectivity index (χ1) is 8.15. The summed E-state index contributed by atoms with van der Waals surface area (Å²) in [6.07, 6.45) is 2.68. The largest absolute Gasteiger partial charge is 0.314 e. The SMILES string of the molecule is O=C(CCNC1CC1)Cc1cc(F)ccc1F. The fraction of sp³-hybridized carbons (Fsp3) is 0.462. The highest BCUT2D eigenvalue weighted by Crippen LogP contribution is 2.18. The van der Waals surface area contributed by atoms with Crippen LogP contribution in [0.25, 0.3) is 0 Å². The molecule has 0 amide bonds. The summed E-state index contributed by atoms with van der Waals surface area (Å²) in [6.45, 7) is 0.625. The van der Waals surface area contributed by atoms with Gasteiger partial charge in [-0.15, -0.1) is 0 Å². The summed E-state index contributed by atoms with van der Waals surface area (Å²) in [5.74, 6) is -1.09. The molecule has 0 aromatic heterocycles. The second-order valence-electron chi connectivity index (χ2n) is 4.43. The highest BCUT2D eigenvalue weighted by molar-refractivity contribution is 5.81. The summed E-state index contributed by atoms with van der Waals surface area (Å²) in [5, 5.41) is 3.21. The van der Waals surface area contributed by atoms with Crippen LogP contribution in [0.5, 0.6) is 0 Å². The lowest BCUT2D eigenvalue weighted by Crippen LogP contribution is -2.21. The third-order valence-electron chi connectivity index (χ3n) is 2.81. The number of ketones is 1. The van der Waals surface area contributed by atoms with Gasteiger partial charge in [-0.05, 0) is 36.6 Å². The van der Waals surface area contributed by atoms with Crippen LogP contribution in [0.2, 0.25) is 0 Å². The van der Waals surface area contributed by atoms with Gasteiger partial charge in [0.05, 0.1) is 0 Å². The third kappa shape index (κ3) is 3.89. The molecule has 92 valence electrons. The van der Waals surface area contributed by atoms with Crippen molar-refractivity contribution in [2.24, 2.45) is 0 Å². The molecule has 0 bridgehead atoms. The van der Waals surface area contributed by atoms with E-state index in [9.17, 15) is 13.6 Å². The van der Waals surface area contributed by atoms with Crippen molar-refractivity contribution in [3.05, 3.63) is 35.4 Å². The topological polar surface area (TPSA) is 29.1 Å². The van der Waals surface area contributed by atoms with E-state index in [4.69, 9.17) is 0 Å². The molecule has 4 heteroatoms. The predicted octanol–water partition coefficient (Wildman–Crippen LogP) is 2.22. The number of hydrogen-bond donors (Lipinski definition) is 1. The summed E-state index contributed by atoms with van der Waals surface area (Å²) in [6, 6.07) is 3.76. The van der Waals surface area contributed by atoms with Gasteiger partial charge >= 0.3 is 0 Å². The molecule has 2 rings (SSSR count). The highest BCUT2D eigenvalue weighted by atomic mass is 19.1. The zero-order chi connectivity index (χ0) is 12.3. The Kier molecular flexibility index (Phi) is 3.84. The summed E-state index contributed by atoms with van der Waals surface area (Å²) >= 11 is 0. The number of carbonyl (C=O) groups excluding carboxylic acids is 1. The molecule has 1 saturated carbocycles. The number of hydrogen-bond acceptors (Lipinski definition) is 2. The first-order valence-corrected chi connectivity index (χ1v) is 5.84. The predicted molar refractivity (Wildman–Crippen MR) is 60.7 cm³/mol. The van der Waals surface area contributed by atoms with Gasteiger partial charge in [0.1, 0.15) is 17.4 Å². The molecule has 0 heterocycles. The molecule has 1 N–H and O–H groups in total. The van der Waals surface area contributed by atoms with Crippen molar-refractivity contribution in [3.8, 4) is 0 Å². The Balaban J connectivity index is 1.81. The van der Waals surface area contributed by atoms with Crippen molar-refractivity contribution in [2.45, 2.75) is 31.7 Å². The van der Waals surface area contributed by atoms with E-state index in [0.29, 0.717) is 19.0 Å². The molecule has 0 spiro atoms. The molecule has 1 aromatic carbocycles. The normalized spacial score (nSPS) is 14.9. The van der Waals surface area contributed by atoms with Crippen LogP contribution in [-0.4, -0.2) is 18.4 Å². The van der Waals surface area contributed by atoms with Crippen LogP contribution >= 0.6 is 0 Å². The van der Waals surface area contributed by atoms with Crippen molar-refractivity contribution >= 4 is 5.78 Å². The maximum Gasteiger partial charge on any atom is 0.138 e. The van der Waals surface area contributed by atoms with Gasteiger partial charge in [0.25, 0.3) is 0 Å². The number of halogens is 2. The number of rotatable bonds is 6. The van der Waals surface area contributed by atoms with Crippen LogP contribution in [0.3, 0.4) is 0 Å². The first kappa shape index (κ1) is 12.2. The van der Waals surface area contributed by atoms with Gasteiger partial charge in [0.15, 0.2) is 0 Å². The molecule has 1 fully saturated rings. The molecule has 1 aliphatic rings. The number of nitrogens with one attached hydrogen (secondary N) is 1. The summed E-state index contributed by atoms with van der Waals surface area (Å²) < 4.78 is 26.1. The average molecular weight is 239 g/mol.